The number of nitrogens with zero attached hydrogens (tertiary/aromatic N) is 4. The number of aromatic nitrogens is 4. The third kappa shape index (κ3) is 5.11. The summed E-state index contributed by atoms with van der Waals surface area (Å²) in [5, 5.41) is 21.3. The normalized spacial score (nSPS) is 18.5. The van der Waals surface area contributed by atoms with Gasteiger partial charge in [0.15, 0.2) is 5.82 Å². The van der Waals surface area contributed by atoms with E-state index < -0.39 is 5.97 Å². The summed E-state index contributed by atoms with van der Waals surface area (Å²) in [5.41, 5.74) is 2.62. The molecule has 1 fully saturated rings. The van der Waals surface area contributed by atoms with Gasteiger partial charge in [-0.1, -0.05) is 25.1 Å². The summed E-state index contributed by atoms with van der Waals surface area (Å²) in [6, 6.07) is 9.28. The number of amides is 1. The highest BCUT2D eigenvalue weighted by Gasteiger charge is 2.34. The molecular formula is C26H31N5O3. The van der Waals surface area contributed by atoms with Gasteiger partial charge in [-0.3, -0.25) is 14.8 Å². The van der Waals surface area contributed by atoms with Crippen molar-refractivity contribution in [3.63, 3.8) is 0 Å². The first-order valence-electron chi connectivity index (χ1n) is 11.8. The summed E-state index contributed by atoms with van der Waals surface area (Å²) < 4.78 is 1.53. The Morgan fingerprint density at radius 1 is 1.12 bits per heavy atom. The van der Waals surface area contributed by atoms with Crippen LogP contribution in [0.3, 0.4) is 0 Å². The fourth-order valence-corrected chi connectivity index (χ4v) is 4.42. The molecule has 0 aliphatic heterocycles. The SMILES string of the molecule is CC1CCC(C(=O)N(c2nn(-c3ccc(/C=C\c4ccn[nH]4)cc3)cc2C(=O)O)C(C)C)CC1. The molecule has 1 saturated carbocycles. The summed E-state index contributed by atoms with van der Waals surface area (Å²) >= 11 is 0. The number of hydrogen-bond donors (Lipinski definition) is 2. The maximum Gasteiger partial charge on any atom is 0.341 e. The van der Waals surface area contributed by atoms with E-state index in [2.05, 4.69) is 22.2 Å². The van der Waals surface area contributed by atoms with E-state index in [0.29, 0.717) is 5.92 Å². The molecule has 2 aromatic heterocycles. The lowest BCUT2D eigenvalue weighted by Crippen LogP contribution is -2.43. The lowest BCUT2D eigenvalue weighted by Gasteiger charge is -2.32. The summed E-state index contributed by atoms with van der Waals surface area (Å²) in [6.07, 6.45) is 10.8. The highest BCUT2D eigenvalue weighted by molar-refractivity contribution is 6.01. The van der Waals surface area contributed by atoms with Crippen LogP contribution < -0.4 is 4.90 Å². The molecule has 1 aliphatic rings. The zero-order chi connectivity index (χ0) is 24.2. The number of rotatable bonds is 7. The summed E-state index contributed by atoms with van der Waals surface area (Å²) in [5.74, 6) is -0.395. The number of anilines is 1. The number of carboxylic acids is 1. The monoisotopic (exact) mass is 461 g/mol. The number of hydrogen-bond acceptors (Lipinski definition) is 4. The molecular weight excluding hydrogens is 430 g/mol. The van der Waals surface area contributed by atoms with Gasteiger partial charge < -0.3 is 5.11 Å². The van der Waals surface area contributed by atoms with E-state index in [4.69, 9.17) is 0 Å². The van der Waals surface area contributed by atoms with Crippen LogP contribution in [0.2, 0.25) is 0 Å². The number of nitrogens with one attached hydrogen (secondary N) is 1. The molecule has 0 bridgehead atoms. The number of H-pyrrole nitrogens is 1. The smallest absolute Gasteiger partial charge is 0.341 e. The maximum atomic E-state index is 13.5. The summed E-state index contributed by atoms with van der Waals surface area (Å²) in [6.45, 7) is 6.01. The van der Waals surface area contributed by atoms with Crippen molar-refractivity contribution in [1.82, 2.24) is 20.0 Å². The minimum atomic E-state index is -1.10. The number of carboxylic acid groups (broad SMARTS) is 1. The van der Waals surface area contributed by atoms with Gasteiger partial charge in [0, 0.05) is 24.4 Å². The molecule has 4 rings (SSSR count). The maximum absolute atomic E-state index is 13.5. The summed E-state index contributed by atoms with van der Waals surface area (Å²) in [7, 11) is 0. The second-order valence-electron chi connectivity index (χ2n) is 9.31. The highest BCUT2D eigenvalue weighted by atomic mass is 16.4. The number of benzene rings is 1. The van der Waals surface area contributed by atoms with Gasteiger partial charge in [0.25, 0.3) is 0 Å². The predicted octanol–water partition coefficient (Wildman–Crippen LogP) is 5.03. The van der Waals surface area contributed by atoms with E-state index in [0.717, 1.165) is 42.6 Å². The molecule has 34 heavy (non-hydrogen) atoms. The molecule has 1 aromatic carbocycles. The van der Waals surface area contributed by atoms with Crippen LogP contribution in [0.5, 0.6) is 0 Å². The lowest BCUT2D eigenvalue weighted by atomic mass is 9.82. The minimum absolute atomic E-state index is 0.0226. The molecule has 1 aliphatic carbocycles. The van der Waals surface area contributed by atoms with Gasteiger partial charge in [-0.2, -0.15) is 5.10 Å². The number of aromatic amines is 1. The average molecular weight is 462 g/mol. The molecule has 2 N–H and O–H groups in total. The van der Waals surface area contributed by atoms with Crippen molar-refractivity contribution < 1.29 is 14.7 Å². The highest BCUT2D eigenvalue weighted by Crippen LogP contribution is 2.32. The second kappa shape index (κ2) is 10.1. The first kappa shape index (κ1) is 23.5. The molecule has 8 heteroatoms. The van der Waals surface area contributed by atoms with Crippen molar-refractivity contribution in [2.75, 3.05) is 4.90 Å². The molecule has 0 spiro atoms. The van der Waals surface area contributed by atoms with Gasteiger partial charge in [-0.25, -0.2) is 9.48 Å². The van der Waals surface area contributed by atoms with Crippen molar-refractivity contribution in [3.05, 3.63) is 59.5 Å². The van der Waals surface area contributed by atoms with E-state index in [1.807, 2.05) is 56.3 Å². The van der Waals surface area contributed by atoms with E-state index >= 15 is 0 Å². The fourth-order valence-electron chi connectivity index (χ4n) is 4.42. The van der Waals surface area contributed by atoms with Gasteiger partial charge in [0.1, 0.15) is 5.56 Å². The quantitative estimate of drug-likeness (QED) is 0.513. The van der Waals surface area contributed by atoms with Crippen molar-refractivity contribution in [2.45, 2.75) is 52.5 Å². The second-order valence-corrected chi connectivity index (χ2v) is 9.31. The Kier molecular flexibility index (Phi) is 6.95. The van der Waals surface area contributed by atoms with Crippen molar-refractivity contribution in [2.24, 2.45) is 11.8 Å². The molecule has 0 atom stereocenters. The summed E-state index contributed by atoms with van der Waals surface area (Å²) in [4.78, 5) is 27.1. The first-order chi connectivity index (χ1) is 16.3. The van der Waals surface area contributed by atoms with Crippen molar-refractivity contribution >= 4 is 29.8 Å². The van der Waals surface area contributed by atoms with E-state index in [1.165, 1.54) is 10.9 Å². The number of carbonyl (C=O) groups excluding carboxylic acids is 1. The average Bonchev–Trinajstić information content (AvgIpc) is 3.49. The van der Waals surface area contributed by atoms with Gasteiger partial charge in [-0.15, -0.1) is 5.10 Å². The van der Waals surface area contributed by atoms with Gasteiger partial charge in [0.05, 0.1) is 11.4 Å². The topological polar surface area (TPSA) is 104 Å². The molecule has 0 unspecified atom stereocenters. The zero-order valence-corrected chi connectivity index (χ0v) is 19.8. The van der Waals surface area contributed by atoms with Gasteiger partial charge in [0.2, 0.25) is 5.91 Å². The van der Waals surface area contributed by atoms with E-state index in [1.54, 1.807) is 11.1 Å². The molecule has 0 saturated heterocycles. The van der Waals surface area contributed by atoms with Crippen LogP contribution in [0.15, 0.2) is 42.7 Å². The van der Waals surface area contributed by atoms with Crippen molar-refractivity contribution in [3.8, 4) is 5.69 Å². The Balaban J connectivity index is 1.61. The lowest BCUT2D eigenvalue weighted by molar-refractivity contribution is -0.123. The minimum Gasteiger partial charge on any atom is -0.477 e. The van der Waals surface area contributed by atoms with Crippen LogP contribution in [0, 0.1) is 11.8 Å². The largest absolute Gasteiger partial charge is 0.477 e. The van der Waals surface area contributed by atoms with Gasteiger partial charge >= 0.3 is 5.97 Å². The molecule has 0 radical (unpaired) electrons. The Morgan fingerprint density at radius 3 is 2.41 bits per heavy atom. The van der Waals surface area contributed by atoms with Crippen LogP contribution in [-0.2, 0) is 4.79 Å². The third-order valence-electron chi connectivity index (χ3n) is 6.41. The molecule has 3 aromatic rings. The van der Waals surface area contributed by atoms with Crippen LogP contribution in [0.4, 0.5) is 5.82 Å². The Bertz CT molecular complexity index is 1150. The van der Waals surface area contributed by atoms with E-state index in [9.17, 15) is 14.7 Å². The third-order valence-corrected chi connectivity index (χ3v) is 6.41. The predicted molar refractivity (Wildman–Crippen MR) is 132 cm³/mol. The number of carbonyl (C=O) groups is 2. The van der Waals surface area contributed by atoms with Crippen molar-refractivity contribution in [1.29, 1.82) is 0 Å². The molecule has 178 valence electrons. The standard InChI is InChI=1S/C26H31N5O3/c1-17(2)31(25(32)20-9-4-18(3)5-10-20)24-23(26(33)34)16-30(29-24)22-12-7-19(8-13-22)6-11-21-14-15-27-28-21/h6-8,11-18,20H,4-5,9-10H2,1-3H3,(H,27,28)(H,33,34)/b11-6-. The van der Waals surface area contributed by atoms with Crippen LogP contribution in [-0.4, -0.2) is 43.0 Å². The number of aromatic carboxylic acids is 1. The fraction of sp³-hybridized carbons (Fsp3) is 0.385. The Hall–Kier alpha value is -3.68. The Labute approximate surface area is 199 Å². The van der Waals surface area contributed by atoms with Gasteiger partial charge in [-0.05, 0) is 75.3 Å². The van der Waals surface area contributed by atoms with Crippen LogP contribution in [0.25, 0.3) is 17.8 Å². The molecule has 8 nitrogen and oxygen atoms in total. The Morgan fingerprint density at radius 2 is 1.82 bits per heavy atom. The zero-order valence-electron chi connectivity index (χ0n) is 19.8. The molecule has 1 amide bonds. The van der Waals surface area contributed by atoms with E-state index in [-0.39, 0.29) is 29.2 Å². The van der Waals surface area contributed by atoms with Crippen LogP contribution >= 0.6 is 0 Å². The first-order valence-corrected chi connectivity index (χ1v) is 11.8. The van der Waals surface area contributed by atoms with Crippen LogP contribution in [0.1, 0.15) is 68.1 Å². The molecule has 2 heterocycles.